The van der Waals surface area contributed by atoms with Crippen molar-refractivity contribution in [3.8, 4) is 34.7 Å². The van der Waals surface area contributed by atoms with Gasteiger partial charge in [0.1, 0.15) is 22.8 Å². The molecule has 1 spiro atoms. The first-order chi connectivity index (χ1) is 17.3. The highest BCUT2D eigenvalue weighted by molar-refractivity contribution is 6.30. The highest BCUT2D eigenvalue weighted by atomic mass is 35.5. The average Bonchev–Trinajstić information content (AvgIpc) is 3.54. The molecular formula is C26H25ClN6O3. The van der Waals surface area contributed by atoms with Crippen molar-refractivity contribution < 1.29 is 14.3 Å². The van der Waals surface area contributed by atoms with Crippen LogP contribution in [0, 0.1) is 11.8 Å². The number of carbonyl (C=O) groups excluding carboxylic acids is 2. The summed E-state index contributed by atoms with van der Waals surface area (Å²) < 4.78 is 7.38. The van der Waals surface area contributed by atoms with E-state index in [0.717, 1.165) is 25.7 Å². The van der Waals surface area contributed by atoms with Gasteiger partial charge in [-0.1, -0.05) is 17.5 Å². The van der Waals surface area contributed by atoms with Gasteiger partial charge in [-0.05, 0) is 68.9 Å². The van der Waals surface area contributed by atoms with E-state index < -0.39 is 5.91 Å². The number of nitrogens with zero attached hydrogens (tertiary/aromatic N) is 4. The molecule has 1 saturated heterocycles. The van der Waals surface area contributed by atoms with Crippen molar-refractivity contribution in [3.63, 3.8) is 0 Å². The molecule has 1 aromatic carbocycles. The maximum absolute atomic E-state index is 12.7. The predicted molar refractivity (Wildman–Crippen MR) is 135 cm³/mol. The summed E-state index contributed by atoms with van der Waals surface area (Å²) in [4.78, 5) is 31.0. The van der Waals surface area contributed by atoms with Gasteiger partial charge < -0.3 is 21.1 Å². The summed E-state index contributed by atoms with van der Waals surface area (Å²) in [5.74, 6) is 5.64. The molecule has 9 nitrogen and oxygen atoms in total. The van der Waals surface area contributed by atoms with Crippen LogP contribution in [0.25, 0.3) is 11.3 Å². The lowest BCUT2D eigenvalue weighted by Gasteiger charge is -2.39. The summed E-state index contributed by atoms with van der Waals surface area (Å²) in [5.41, 5.74) is 13.2. The molecule has 0 bridgehead atoms. The van der Waals surface area contributed by atoms with Crippen LogP contribution >= 0.6 is 11.6 Å². The van der Waals surface area contributed by atoms with E-state index in [1.807, 2.05) is 4.90 Å². The van der Waals surface area contributed by atoms with Gasteiger partial charge in [0, 0.05) is 29.9 Å². The molecule has 36 heavy (non-hydrogen) atoms. The number of amides is 2. The minimum absolute atomic E-state index is 0.108. The van der Waals surface area contributed by atoms with Crippen molar-refractivity contribution >= 4 is 29.2 Å². The second kappa shape index (κ2) is 9.21. The Kier molecular flexibility index (Phi) is 6.06. The van der Waals surface area contributed by atoms with Gasteiger partial charge in [0.2, 0.25) is 5.88 Å². The molecule has 3 heterocycles. The van der Waals surface area contributed by atoms with Crippen molar-refractivity contribution in [1.82, 2.24) is 19.7 Å². The number of halogens is 1. The molecule has 1 atom stereocenters. The van der Waals surface area contributed by atoms with E-state index in [1.165, 1.54) is 6.20 Å². The minimum Gasteiger partial charge on any atom is -0.439 e. The fourth-order valence-electron chi connectivity index (χ4n) is 4.80. The Bertz CT molecular complexity index is 1380. The molecule has 2 amide bonds. The minimum atomic E-state index is -0.668. The molecular weight excluding hydrogens is 480 g/mol. The Balaban J connectivity index is 1.43. The lowest BCUT2D eigenvalue weighted by atomic mass is 9.96. The summed E-state index contributed by atoms with van der Waals surface area (Å²) >= 11 is 5.87. The largest absolute Gasteiger partial charge is 0.439 e. The molecule has 2 fully saturated rings. The summed E-state index contributed by atoms with van der Waals surface area (Å²) in [5, 5.41) is 5.22. The zero-order valence-corrected chi connectivity index (χ0v) is 20.5. The van der Waals surface area contributed by atoms with Gasteiger partial charge in [-0.2, -0.15) is 5.10 Å². The number of ether oxygens (including phenoxy) is 1. The molecule has 3 aromatic rings. The fraction of sp³-hybridized carbons (Fsp3) is 0.308. The smallest absolute Gasteiger partial charge is 0.298 e. The molecule has 2 aliphatic rings. The van der Waals surface area contributed by atoms with Gasteiger partial charge in [0.05, 0.1) is 11.1 Å². The van der Waals surface area contributed by atoms with Crippen LogP contribution in [0.4, 0.5) is 5.82 Å². The third-order valence-electron chi connectivity index (χ3n) is 6.80. The highest BCUT2D eigenvalue weighted by Crippen LogP contribution is 2.50. The van der Waals surface area contributed by atoms with Crippen LogP contribution in [-0.2, 0) is 4.79 Å². The normalized spacial score (nSPS) is 17.8. The first kappa shape index (κ1) is 23.7. The average molecular weight is 505 g/mol. The SMILES string of the molecule is CC#CC(=O)N1CC(n2nc(-c3ccc(Oc4ccc(Cl)cn4)cc3)c(C(N)=O)c2N)CCC12CC2. The molecule has 4 N–H and O–H groups in total. The molecule has 184 valence electrons. The second-order valence-corrected chi connectivity index (χ2v) is 9.50. The molecule has 10 heteroatoms. The lowest BCUT2D eigenvalue weighted by molar-refractivity contribution is -0.130. The van der Waals surface area contributed by atoms with E-state index in [4.69, 9.17) is 32.9 Å². The van der Waals surface area contributed by atoms with Crippen LogP contribution in [-0.4, -0.2) is 43.6 Å². The van der Waals surface area contributed by atoms with Crippen molar-refractivity contribution in [1.29, 1.82) is 0 Å². The zero-order valence-electron chi connectivity index (χ0n) is 19.7. The Morgan fingerprint density at radius 2 is 1.92 bits per heavy atom. The first-order valence-electron chi connectivity index (χ1n) is 11.6. The van der Waals surface area contributed by atoms with Crippen molar-refractivity contribution in [2.45, 2.75) is 44.2 Å². The number of nitrogens with two attached hydrogens (primary N) is 2. The van der Waals surface area contributed by atoms with Crippen LogP contribution in [0.3, 0.4) is 0 Å². The summed E-state index contributed by atoms with van der Waals surface area (Å²) in [7, 11) is 0. The molecule has 5 rings (SSSR count). The number of aromatic nitrogens is 3. The van der Waals surface area contributed by atoms with Gasteiger partial charge in [-0.25, -0.2) is 9.67 Å². The number of likely N-dealkylation sites (tertiary alicyclic amines) is 1. The Morgan fingerprint density at radius 3 is 2.53 bits per heavy atom. The quantitative estimate of drug-likeness (QED) is 0.508. The fourth-order valence-corrected chi connectivity index (χ4v) is 4.91. The number of rotatable bonds is 5. The van der Waals surface area contributed by atoms with Crippen LogP contribution < -0.4 is 16.2 Å². The van der Waals surface area contributed by atoms with E-state index in [0.29, 0.717) is 34.5 Å². The van der Waals surface area contributed by atoms with Crippen LogP contribution in [0.1, 0.15) is 49.0 Å². The third-order valence-corrected chi connectivity index (χ3v) is 7.03. The van der Waals surface area contributed by atoms with Gasteiger partial charge in [-0.3, -0.25) is 9.59 Å². The number of pyridine rings is 1. The monoisotopic (exact) mass is 504 g/mol. The molecule has 0 radical (unpaired) electrons. The summed E-state index contributed by atoms with van der Waals surface area (Å²) in [6.07, 6.45) is 5.07. The van der Waals surface area contributed by atoms with E-state index in [2.05, 4.69) is 16.8 Å². The number of hydrogen-bond donors (Lipinski definition) is 2. The van der Waals surface area contributed by atoms with Gasteiger partial charge in [0.25, 0.3) is 11.8 Å². The van der Waals surface area contributed by atoms with E-state index >= 15 is 0 Å². The van der Waals surface area contributed by atoms with Crippen LogP contribution in [0.5, 0.6) is 11.6 Å². The maximum Gasteiger partial charge on any atom is 0.298 e. The summed E-state index contributed by atoms with van der Waals surface area (Å²) in [6, 6.07) is 10.2. The highest BCUT2D eigenvalue weighted by Gasteiger charge is 2.53. The zero-order chi connectivity index (χ0) is 25.4. The van der Waals surface area contributed by atoms with E-state index in [-0.39, 0.29) is 28.9 Å². The summed E-state index contributed by atoms with van der Waals surface area (Å²) in [6.45, 7) is 2.08. The van der Waals surface area contributed by atoms with Crippen LogP contribution in [0.15, 0.2) is 42.6 Å². The van der Waals surface area contributed by atoms with Crippen molar-refractivity contribution in [3.05, 3.63) is 53.2 Å². The lowest BCUT2D eigenvalue weighted by Crippen LogP contribution is -2.49. The Labute approximate surface area is 213 Å². The molecule has 2 aromatic heterocycles. The van der Waals surface area contributed by atoms with Crippen LogP contribution in [0.2, 0.25) is 5.02 Å². The topological polar surface area (TPSA) is 129 Å². The van der Waals surface area contributed by atoms with Gasteiger partial charge in [-0.15, -0.1) is 0 Å². The third kappa shape index (κ3) is 4.36. The van der Waals surface area contributed by atoms with E-state index in [9.17, 15) is 9.59 Å². The number of piperidine rings is 1. The van der Waals surface area contributed by atoms with E-state index in [1.54, 1.807) is 48.0 Å². The van der Waals surface area contributed by atoms with Gasteiger partial charge >= 0.3 is 0 Å². The molecule has 1 aliphatic carbocycles. The maximum atomic E-state index is 12.7. The second-order valence-electron chi connectivity index (χ2n) is 9.07. The van der Waals surface area contributed by atoms with Gasteiger partial charge in [0.15, 0.2) is 0 Å². The number of nitrogen functional groups attached to an aromatic ring is 1. The van der Waals surface area contributed by atoms with Crippen molar-refractivity contribution in [2.75, 3.05) is 12.3 Å². The van der Waals surface area contributed by atoms with Crippen molar-refractivity contribution in [2.24, 2.45) is 5.73 Å². The Morgan fingerprint density at radius 1 is 1.17 bits per heavy atom. The number of carbonyl (C=O) groups is 2. The molecule has 1 aliphatic heterocycles. The number of benzene rings is 1. The molecule has 1 unspecified atom stereocenters. The number of hydrogen-bond acceptors (Lipinski definition) is 6. The molecule has 1 saturated carbocycles. The Hall–Kier alpha value is -4.03. The number of anilines is 1. The standard InChI is InChI=1S/C26H25ClN6O3/c1-2-3-21(34)32-15-18(10-11-26(32)12-13-26)33-24(28)22(25(29)35)23(31-33)16-4-7-19(8-5-16)36-20-9-6-17(27)14-30-20/h4-9,14,18H,10-13,15,28H2,1H3,(H2,29,35). The first-order valence-corrected chi connectivity index (χ1v) is 12.0. The predicted octanol–water partition coefficient (Wildman–Crippen LogP) is 3.79. The number of primary amides is 1.